The second-order valence-corrected chi connectivity index (χ2v) is 6.02. The average molecular weight is 260 g/mol. The van der Waals surface area contributed by atoms with Crippen LogP contribution in [0.4, 0.5) is 0 Å². The van der Waals surface area contributed by atoms with Crippen LogP contribution in [0.1, 0.15) is 32.6 Å². The van der Waals surface area contributed by atoms with Crippen LogP contribution in [0, 0.1) is 0 Å². The lowest BCUT2D eigenvalue weighted by Crippen LogP contribution is -2.56. The Labute approximate surface area is 113 Å². The van der Waals surface area contributed by atoms with Crippen molar-refractivity contribution in [2.45, 2.75) is 38.1 Å². The molecule has 3 heterocycles. The minimum Gasteiger partial charge on any atom is -0.486 e. The Morgan fingerprint density at radius 1 is 1.37 bits per heavy atom. The van der Waals surface area contributed by atoms with Gasteiger partial charge in [-0.1, -0.05) is 12.8 Å². The highest BCUT2D eigenvalue weighted by atomic mass is 16.5. The maximum absolute atomic E-state index is 6.02. The van der Waals surface area contributed by atoms with Gasteiger partial charge in [-0.05, 0) is 25.3 Å². The molecule has 3 aliphatic heterocycles. The number of likely N-dealkylation sites (N-methyl/N-ethyl adjacent to an activating group) is 1. The first-order chi connectivity index (χ1) is 9.20. The Morgan fingerprint density at radius 2 is 2.16 bits per heavy atom. The van der Waals surface area contributed by atoms with Crippen LogP contribution in [-0.4, -0.2) is 41.5 Å². The minimum absolute atomic E-state index is 0.179. The third-order valence-electron chi connectivity index (χ3n) is 4.86. The molecule has 1 saturated heterocycles. The predicted octanol–water partition coefficient (Wildman–Crippen LogP) is 1.57. The predicted molar refractivity (Wildman–Crippen MR) is 73.0 cm³/mol. The molecule has 0 radical (unpaired) electrons. The van der Waals surface area contributed by atoms with Crippen LogP contribution in [0.3, 0.4) is 0 Å². The van der Waals surface area contributed by atoms with Crippen LogP contribution < -0.4 is 5.43 Å². The van der Waals surface area contributed by atoms with Gasteiger partial charge in [-0.2, -0.15) is 0 Å². The second-order valence-electron chi connectivity index (χ2n) is 6.02. The van der Waals surface area contributed by atoms with E-state index in [9.17, 15) is 0 Å². The normalized spacial score (nSPS) is 28.1. The molecule has 0 unspecified atom stereocenters. The lowest BCUT2D eigenvalue weighted by Gasteiger charge is -2.46. The first-order valence-corrected chi connectivity index (χ1v) is 7.10. The van der Waals surface area contributed by atoms with Crippen molar-refractivity contribution >= 4 is 5.84 Å². The molecule has 102 valence electrons. The highest BCUT2D eigenvalue weighted by molar-refractivity contribution is 5.99. The van der Waals surface area contributed by atoms with Gasteiger partial charge in [0, 0.05) is 13.6 Å². The molecule has 0 amide bonds. The largest absolute Gasteiger partial charge is 0.486 e. The van der Waals surface area contributed by atoms with Crippen molar-refractivity contribution in [2.24, 2.45) is 4.99 Å². The van der Waals surface area contributed by atoms with Gasteiger partial charge in [-0.3, -0.25) is 5.01 Å². The van der Waals surface area contributed by atoms with Gasteiger partial charge < -0.3 is 9.64 Å². The van der Waals surface area contributed by atoms with Crippen LogP contribution in [0.2, 0.25) is 0 Å². The molecule has 2 fully saturated rings. The Bertz CT molecular complexity index is 514. The summed E-state index contributed by atoms with van der Waals surface area (Å²) in [5.74, 6) is 2.93. The number of fused-ring (bicyclic) bond motifs is 2. The van der Waals surface area contributed by atoms with Crippen molar-refractivity contribution in [2.75, 3.05) is 20.2 Å². The topological polar surface area (TPSA) is 40.1 Å². The number of hydrazine groups is 1. The molecule has 0 aromatic carbocycles. The quantitative estimate of drug-likeness (QED) is 0.717. The first-order valence-electron chi connectivity index (χ1n) is 7.10. The van der Waals surface area contributed by atoms with Gasteiger partial charge in [0.15, 0.2) is 11.6 Å². The van der Waals surface area contributed by atoms with E-state index < -0.39 is 0 Å². The van der Waals surface area contributed by atoms with Gasteiger partial charge in [0.1, 0.15) is 12.4 Å². The highest BCUT2D eigenvalue weighted by Crippen LogP contribution is 2.40. The van der Waals surface area contributed by atoms with Crippen LogP contribution in [0.25, 0.3) is 0 Å². The van der Waals surface area contributed by atoms with Crippen molar-refractivity contribution < 1.29 is 4.74 Å². The van der Waals surface area contributed by atoms with Gasteiger partial charge >= 0.3 is 0 Å². The lowest BCUT2D eigenvalue weighted by atomic mass is 9.94. The number of aliphatic imine (C=N–C) groups is 1. The van der Waals surface area contributed by atoms with Gasteiger partial charge in [0.05, 0.1) is 11.7 Å². The number of rotatable bonds is 0. The fourth-order valence-corrected chi connectivity index (χ4v) is 3.54. The summed E-state index contributed by atoms with van der Waals surface area (Å²) in [5.41, 5.74) is 4.75. The lowest BCUT2D eigenvalue weighted by molar-refractivity contribution is 0.0478. The van der Waals surface area contributed by atoms with Crippen LogP contribution in [0.5, 0.6) is 0 Å². The van der Waals surface area contributed by atoms with Crippen molar-refractivity contribution in [3.05, 3.63) is 23.4 Å². The Morgan fingerprint density at radius 3 is 2.95 bits per heavy atom. The molecule has 4 aliphatic rings. The summed E-state index contributed by atoms with van der Waals surface area (Å²) in [6.07, 6.45) is 7.07. The standard InChI is InChI=1S/C14H20N4O/c1-10-7-15-18-8-11-13(16-12(10)18)17(2)14(9-19-11)5-3-4-6-14/h8,15H,3-7,9H2,1-2H3. The highest BCUT2D eigenvalue weighted by Gasteiger charge is 2.46. The molecule has 1 saturated carbocycles. The molecule has 0 bridgehead atoms. The molecule has 19 heavy (non-hydrogen) atoms. The van der Waals surface area contributed by atoms with Gasteiger partial charge in [-0.25, -0.2) is 10.4 Å². The van der Waals surface area contributed by atoms with E-state index in [0.29, 0.717) is 0 Å². The summed E-state index contributed by atoms with van der Waals surface area (Å²) in [6, 6.07) is 0. The Kier molecular flexibility index (Phi) is 2.24. The summed E-state index contributed by atoms with van der Waals surface area (Å²) in [6.45, 7) is 3.78. The minimum atomic E-state index is 0.179. The summed E-state index contributed by atoms with van der Waals surface area (Å²) < 4.78 is 6.02. The monoisotopic (exact) mass is 260 g/mol. The Hall–Kier alpha value is -1.49. The molecule has 0 aromatic heterocycles. The summed E-state index contributed by atoms with van der Waals surface area (Å²) >= 11 is 0. The molecular formula is C14H20N4O. The zero-order chi connectivity index (χ0) is 13.0. The molecule has 4 rings (SSSR count). The fourth-order valence-electron chi connectivity index (χ4n) is 3.54. The van der Waals surface area contributed by atoms with E-state index in [1.165, 1.54) is 31.3 Å². The third kappa shape index (κ3) is 1.48. The molecule has 0 atom stereocenters. The second kappa shape index (κ2) is 3.76. The van der Waals surface area contributed by atoms with Crippen molar-refractivity contribution in [1.29, 1.82) is 0 Å². The smallest absolute Gasteiger partial charge is 0.179 e. The van der Waals surface area contributed by atoms with E-state index in [1.807, 2.05) is 11.2 Å². The third-order valence-corrected chi connectivity index (χ3v) is 4.86. The Balaban J connectivity index is 1.74. The van der Waals surface area contributed by atoms with Crippen LogP contribution in [0.15, 0.2) is 28.3 Å². The molecular weight excluding hydrogens is 240 g/mol. The fraction of sp³-hybridized carbons (Fsp3) is 0.643. The maximum atomic E-state index is 6.02. The molecule has 1 aliphatic carbocycles. The van der Waals surface area contributed by atoms with Crippen molar-refractivity contribution in [1.82, 2.24) is 15.3 Å². The van der Waals surface area contributed by atoms with Crippen molar-refractivity contribution in [3.63, 3.8) is 0 Å². The van der Waals surface area contributed by atoms with Gasteiger partial charge in [0.25, 0.3) is 0 Å². The molecule has 1 N–H and O–H groups in total. The zero-order valence-electron chi connectivity index (χ0n) is 11.6. The van der Waals surface area contributed by atoms with E-state index in [-0.39, 0.29) is 5.54 Å². The van der Waals surface area contributed by atoms with Crippen LogP contribution >= 0.6 is 0 Å². The van der Waals surface area contributed by atoms with E-state index in [4.69, 9.17) is 9.73 Å². The van der Waals surface area contributed by atoms with E-state index in [2.05, 4.69) is 24.3 Å². The van der Waals surface area contributed by atoms with Gasteiger partial charge in [-0.15, -0.1) is 0 Å². The van der Waals surface area contributed by atoms with Crippen molar-refractivity contribution in [3.8, 4) is 0 Å². The zero-order valence-corrected chi connectivity index (χ0v) is 11.6. The number of ether oxygens (including phenoxy) is 1. The molecule has 1 spiro atoms. The number of hydrogen-bond donors (Lipinski definition) is 1. The van der Waals surface area contributed by atoms with Crippen LogP contribution in [-0.2, 0) is 4.74 Å². The molecule has 5 nitrogen and oxygen atoms in total. The first kappa shape index (κ1) is 11.3. The van der Waals surface area contributed by atoms with Gasteiger partial charge in [0.2, 0.25) is 0 Å². The number of nitrogens with one attached hydrogen (secondary N) is 1. The number of amidine groups is 1. The maximum Gasteiger partial charge on any atom is 0.179 e. The molecule has 0 aromatic rings. The van der Waals surface area contributed by atoms with E-state index in [1.54, 1.807) is 0 Å². The summed E-state index contributed by atoms with van der Waals surface area (Å²) in [4.78, 5) is 7.21. The van der Waals surface area contributed by atoms with E-state index in [0.717, 1.165) is 30.6 Å². The summed E-state index contributed by atoms with van der Waals surface area (Å²) in [7, 11) is 2.18. The average Bonchev–Trinajstić information content (AvgIpc) is 3.02. The number of hydrogen-bond acceptors (Lipinski definition) is 5. The SMILES string of the molecule is CC1=C2N=C3C(=CN2NC1)OCC1(CCCC1)N3C. The summed E-state index contributed by atoms with van der Waals surface area (Å²) in [5, 5.41) is 1.98. The number of morpholine rings is 1. The van der Waals surface area contributed by atoms with E-state index >= 15 is 0 Å². The number of nitrogens with zero attached hydrogens (tertiary/aromatic N) is 3. The molecule has 5 heteroatoms.